The Morgan fingerprint density at radius 1 is 0.275 bits per heavy atom. The van der Waals surface area contributed by atoms with E-state index in [0.717, 1.165) is 31.0 Å². The van der Waals surface area contributed by atoms with E-state index in [9.17, 15) is 0 Å². The molecule has 3 aromatic carbocycles. The highest BCUT2D eigenvalue weighted by Crippen LogP contribution is 2.63. The minimum absolute atomic E-state index is 0.0786. The molecular weight excluding hydrogens is 1140 g/mol. The van der Waals surface area contributed by atoms with E-state index in [0.29, 0.717) is 0 Å². The molecule has 446 valence electrons. The largest absolute Gasteiger partial charge is 0.172 e. The molecule has 0 unspecified atom stereocenters. The summed E-state index contributed by atoms with van der Waals surface area (Å²) in [4.78, 5) is 0. The van der Waals surface area contributed by atoms with Gasteiger partial charge in [-0.1, -0.05) is 310 Å². The van der Waals surface area contributed by atoms with Gasteiger partial charge in [0.1, 0.15) is 22.1 Å². The quantitative estimate of drug-likeness (QED) is 0.0364. The first-order valence-electron chi connectivity index (χ1n) is 34.6. The zero-order valence-electron chi connectivity index (χ0n) is 51.6. The molecule has 2 aliphatic rings. The standard InChI is InChI=1S/C72H112Br2N4S2/c1-5-9-13-17-21-25-29-33-37-41-45-49-71(50-46-42-38-34-30-26-22-18-14-10-6-2)59-53-58-60(54-57(59)65-61(71)55-63(73)67-69(65)77-79-75-67)72(51-47-43-39-35-31-27-23-19-15-11-7-3,52-48-44-40-36-32-28-24-20-16-12-8-4)62-56-64(74)68-70(66(58)62)78-80-76-68/h53-56H,5-52H2,1-4H3. The molecule has 80 heavy (non-hydrogen) atoms. The van der Waals surface area contributed by atoms with Crippen LogP contribution < -0.4 is 0 Å². The van der Waals surface area contributed by atoms with Crippen LogP contribution in [0.4, 0.5) is 0 Å². The van der Waals surface area contributed by atoms with E-state index >= 15 is 0 Å². The third kappa shape index (κ3) is 18.2. The van der Waals surface area contributed by atoms with Crippen LogP contribution in [-0.2, 0) is 10.8 Å². The van der Waals surface area contributed by atoms with Gasteiger partial charge >= 0.3 is 0 Å². The van der Waals surface area contributed by atoms with Crippen molar-refractivity contribution in [3.63, 3.8) is 0 Å². The summed E-state index contributed by atoms with van der Waals surface area (Å²) in [6, 6.07) is 10.7. The average molecular weight is 1260 g/mol. The summed E-state index contributed by atoms with van der Waals surface area (Å²) in [6.45, 7) is 9.31. The number of hydrogen-bond donors (Lipinski definition) is 0. The van der Waals surface area contributed by atoms with E-state index in [1.807, 2.05) is 0 Å². The predicted octanol–water partition coefficient (Wildman–Crippen LogP) is 26.6. The monoisotopic (exact) mass is 1250 g/mol. The lowest BCUT2D eigenvalue weighted by molar-refractivity contribution is 0.393. The maximum absolute atomic E-state index is 5.25. The van der Waals surface area contributed by atoms with Gasteiger partial charge in [-0.2, -0.15) is 17.5 Å². The van der Waals surface area contributed by atoms with Crippen LogP contribution in [0.5, 0.6) is 0 Å². The van der Waals surface area contributed by atoms with Crippen LogP contribution in [0.2, 0.25) is 0 Å². The van der Waals surface area contributed by atoms with E-state index in [1.54, 1.807) is 11.1 Å². The first-order valence-corrected chi connectivity index (χ1v) is 37.6. The van der Waals surface area contributed by atoms with Gasteiger partial charge < -0.3 is 0 Å². The summed E-state index contributed by atoms with van der Waals surface area (Å²) >= 11 is 11.1. The van der Waals surface area contributed by atoms with Gasteiger partial charge in [0, 0.05) is 30.9 Å². The van der Waals surface area contributed by atoms with E-state index in [4.69, 9.17) is 17.5 Å². The Hall–Kier alpha value is -1.74. The van der Waals surface area contributed by atoms with Gasteiger partial charge in [0.25, 0.3) is 0 Å². The topological polar surface area (TPSA) is 51.6 Å². The molecule has 0 saturated carbocycles. The Morgan fingerprint density at radius 2 is 0.487 bits per heavy atom. The second-order valence-corrected chi connectivity index (χ2v) is 28.5. The number of hydrogen-bond acceptors (Lipinski definition) is 6. The lowest BCUT2D eigenvalue weighted by atomic mass is 9.68. The van der Waals surface area contributed by atoms with Crippen LogP contribution in [0, 0.1) is 0 Å². The van der Waals surface area contributed by atoms with Gasteiger partial charge in [-0.3, -0.25) is 0 Å². The van der Waals surface area contributed by atoms with Crippen molar-refractivity contribution in [3.8, 4) is 22.3 Å². The Morgan fingerprint density at radius 3 is 0.725 bits per heavy atom. The van der Waals surface area contributed by atoms with Crippen molar-refractivity contribution in [1.29, 1.82) is 0 Å². The molecule has 0 atom stereocenters. The molecule has 0 aliphatic heterocycles. The van der Waals surface area contributed by atoms with Crippen molar-refractivity contribution in [3.05, 3.63) is 55.5 Å². The van der Waals surface area contributed by atoms with Gasteiger partial charge in [-0.15, -0.1) is 0 Å². The molecule has 0 radical (unpaired) electrons. The summed E-state index contributed by atoms with van der Waals surface area (Å²) in [6.07, 6.45) is 65.1. The smallest absolute Gasteiger partial charge is 0.119 e. The molecular formula is C72H112Br2N4S2. The first-order chi connectivity index (χ1) is 39.5. The molecule has 0 spiro atoms. The lowest BCUT2D eigenvalue weighted by Crippen LogP contribution is -2.27. The normalized spacial score (nSPS) is 14.0. The molecule has 0 amide bonds. The van der Waals surface area contributed by atoms with Gasteiger partial charge in [0.2, 0.25) is 0 Å². The van der Waals surface area contributed by atoms with Crippen molar-refractivity contribution in [2.45, 2.75) is 347 Å². The third-order valence-electron chi connectivity index (χ3n) is 19.6. The fourth-order valence-electron chi connectivity index (χ4n) is 14.9. The Labute approximate surface area is 515 Å². The molecule has 8 heteroatoms. The van der Waals surface area contributed by atoms with Crippen molar-refractivity contribution < 1.29 is 0 Å². The average Bonchev–Trinajstić information content (AvgIpc) is 3.80. The fraction of sp³-hybridized carbons (Fsp3) is 0.750. The van der Waals surface area contributed by atoms with Crippen LogP contribution in [-0.4, -0.2) is 17.5 Å². The molecule has 2 aromatic heterocycles. The number of fused-ring (bicyclic) bond motifs is 10. The molecule has 5 aromatic rings. The third-order valence-corrected chi connectivity index (χ3v) is 21.8. The van der Waals surface area contributed by atoms with Crippen LogP contribution in [0.25, 0.3) is 44.3 Å². The molecule has 0 bridgehead atoms. The number of benzene rings is 3. The number of rotatable bonds is 48. The first kappa shape index (κ1) is 65.8. The van der Waals surface area contributed by atoms with Gasteiger partial charge in [0.05, 0.1) is 23.5 Å². The summed E-state index contributed by atoms with van der Waals surface area (Å²) in [5, 5.41) is 0. The Balaban J connectivity index is 1.22. The van der Waals surface area contributed by atoms with Crippen LogP contribution >= 0.6 is 55.3 Å². The Kier molecular flexibility index (Phi) is 30.4. The minimum atomic E-state index is -0.0786. The van der Waals surface area contributed by atoms with Crippen molar-refractivity contribution in [1.82, 2.24) is 17.5 Å². The minimum Gasteiger partial charge on any atom is -0.172 e. The van der Waals surface area contributed by atoms with Gasteiger partial charge in [-0.05, 0) is 115 Å². The van der Waals surface area contributed by atoms with Crippen molar-refractivity contribution in [2.24, 2.45) is 0 Å². The summed E-state index contributed by atoms with van der Waals surface area (Å²) in [7, 11) is 0. The number of unbranched alkanes of at least 4 members (excludes halogenated alkanes) is 40. The van der Waals surface area contributed by atoms with Crippen LogP contribution in [0.3, 0.4) is 0 Å². The summed E-state index contributed by atoms with van der Waals surface area (Å²) < 4.78 is 22.7. The Bertz CT molecular complexity index is 2280. The molecule has 4 nitrogen and oxygen atoms in total. The van der Waals surface area contributed by atoms with Crippen molar-refractivity contribution >= 4 is 77.4 Å². The highest BCUT2D eigenvalue weighted by Gasteiger charge is 2.49. The highest BCUT2D eigenvalue weighted by molar-refractivity contribution is 9.11. The second kappa shape index (κ2) is 37.0. The van der Waals surface area contributed by atoms with E-state index in [1.165, 1.54) is 365 Å². The van der Waals surface area contributed by atoms with E-state index in [2.05, 4.69) is 83.8 Å². The lowest BCUT2D eigenvalue weighted by Gasteiger charge is -2.35. The fourth-order valence-corrected chi connectivity index (χ4v) is 17.3. The van der Waals surface area contributed by atoms with Crippen molar-refractivity contribution in [2.75, 3.05) is 0 Å². The molecule has 2 aliphatic carbocycles. The summed E-state index contributed by atoms with van der Waals surface area (Å²) in [5.74, 6) is 0. The zero-order chi connectivity index (χ0) is 56.1. The number of nitrogens with zero attached hydrogens (tertiary/aromatic N) is 4. The number of halogens is 2. The predicted molar refractivity (Wildman–Crippen MR) is 361 cm³/mol. The summed E-state index contributed by atoms with van der Waals surface area (Å²) in [5.41, 5.74) is 16.1. The van der Waals surface area contributed by atoms with E-state index in [-0.39, 0.29) is 10.8 Å². The van der Waals surface area contributed by atoms with Crippen LogP contribution in [0.15, 0.2) is 33.2 Å². The van der Waals surface area contributed by atoms with Gasteiger partial charge in [-0.25, -0.2) is 0 Å². The van der Waals surface area contributed by atoms with E-state index < -0.39 is 0 Å². The van der Waals surface area contributed by atoms with Gasteiger partial charge in [0.15, 0.2) is 0 Å². The second-order valence-electron chi connectivity index (χ2n) is 25.7. The number of aromatic nitrogens is 4. The molecule has 2 heterocycles. The highest BCUT2D eigenvalue weighted by atomic mass is 79.9. The molecule has 0 saturated heterocycles. The molecule has 7 rings (SSSR count). The molecule has 0 fully saturated rings. The maximum Gasteiger partial charge on any atom is 0.119 e. The SMILES string of the molecule is CCCCCCCCCCCCCC1(CCCCCCCCCCCCC)c2cc3c(cc2-c2c1cc(Br)c1nsnc21)C(CCCCCCCCCCCCC)(CCCCCCCCCCCCC)c1cc(Br)c2nsnc2c1-3. The van der Waals surface area contributed by atoms with Crippen LogP contribution in [0.1, 0.15) is 358 Å². The maximum atomic E-state index is 5.25. The molecule has 0 N–H and O–H groups in total. The zero-order valence-corrected chi connectivity index (χ0v) is 56.4.